The van der Waals surface area contributed by atoms with Crippen molar-refractivity contribution in [1.82, 2.24) is 15.3 Å². The quantitative estimate of drug-likeness (QED) is 0.363. The summed E-state index contributed by atoms with van der Waals surface area (Å²) >= 11 is 5.86. The van der Waals surface area contributed by atoms with Gasteiger partial charge >= 0.3 is 24.4 Å². The minimum Gasteiger partial charge on any atom is -0.475 e. The van der Waals surface area contributed by atoms with Crippen LogP contribution in [-0.4, -0.2) is 33.3 Å². The summed E-state index contributed by atoms with van der Waals surface area (Å²) in [4.78, 5) is 28.9. The number of anilines is 1. The van der Waals surface area contributed by atoms with Crippen molar-refractivity contribution < 1.29 is 45.4 Å². The molecule has 0 saturated carbocycles. The van der Waals surface area contributed by atoms with Crippen molar-refractivity contribution in [2.24, 2.45) is 0 Å². The van der Waals surface area contributed by atoms with E-state index in [1.54, 1.807) is 12.1 Å². The van der Waals surface area contributed by atoms with E-state index in [0.29, 0.717) is 5.69 Å². The molecule has 2 amide bonds. The number of carbonyl (C=O) groups is 2. The smallest absolute Gasteiger partial charge is 0.475 e. The Balaban J connectivity index is 0.000000572. The molecule has 0 aliphatic heterocycles. The monoisotopic (exact) mass is 538 g/mol. The van der Waals surface area contributed by atoms with Crippen LogP contribution in [0.1, 0.15) is 22.9 Å². The van der Waals surface area contributed by atoms with Crippen LogP contribution < -0.4 is 10.6 Å². The highest BCUT2D eigenvalue weighted by Gasteiger charge is 2.38. The van der Waals surface area contributed by atoms with E-state index < -0.39 is 47.5 Å². The van der Waals surface area contributed by atoms with E-state index >= 15 is 0 Å². The van der Waals surface area contributed by atoms with Crippen LogP contribution >= 0.6 is 11.6 Å². The van der Waals surface area contributed by atoms with Gasteiger partial charge in [0.2, 0.25) is 0 Å². The summed E-state index contributed by atoms with van der Waals surface area (Å²) in [6, 6.07) is 6.06. The highest BCUT2D eigenvalue weighted by Crippen LogP contribution is 2.36. The number of aromatic nitrogens is 2. The van der Waals surface area contributed by atoms with Gasteiger partial charge < -0.3 is 15.7 Å². The number of hydrogen-bond acceptors (Lipinski definition) is 4. The molecule has 1 unspecified atom stereocenters. The van der Waals surface area contributed by atoms with E-state index in [2.05, 4.69) is 20.6 Å². The van der Waals surface area contributed by atoms with Crippen LogP contribution in [0.25, 0.3) is 0 Å². The van der Waals surface area contributed by atoms with E-state index in [4.69, 9.17) is 21.5 Å². The van der Waals surface area contributed by atoms with Gasteiger partial charge in [0.25, 0.3) is 0 Å². The largest absolute Gasteiger partial charge is 0.490 e. The third-order valence-electron chi connectivity index (χ3n) is 4.07. The van der Waals surface area contributed by atoms with Gasteiger partial charge in [-0.05, 0) is 48.0 Å². The Morgan fingerprint density at radius 3 is 2.17 bits per heavy atom. The van der Waals surface area contributed by atoms with E-state index in [9.17, 15) is 35.5 Å². The maximum atomic E-state index is 13.9. The SMILES string of the molecule is O=C(Nc1cccnc1)NC(c1cc(F)cc(Cl)c1)c1ncccc1C(F)(F)F.O=C(O)C(F)(F)F. The summed E-state index contributed by atoms with van der Waals surface area (Å²) < 4.78 is 86.1. The molecule has 1 atom stereocenters. The standard InChI is InChI=1S/C19H13ClF4N4O.C2HF3O2/c20-12-7-11(8-13(21)9-12)16(17-15(19(22,23)24)4-2-6-26-17)28-18(29)27-14-3-1-5-25-10-14;3-2(4,5)1(6)7/h1-10,16H,(H2,27,28,29);(H,6,7). The number of nitrogens with zero attached hydrogens (tertiary/aromatic N) is 2. The maximum Gasteiger partial charge on any atom is 0.490 e. The minimum absolute atomic E-state index is 0.000497. The fourth-order valence-electron chi connectivity index (χ4n) is 2.67. The van der Waals surface area contributed by atoms with Gasteiger partial charge in [0, 0.05) is 17.4 Å². The molecule has 3 aromatic rings. The molecule has 2 aromatic heterocycles. The first-order valence-corrected chi connectivity index (χ1v) is 9.82. The fourth-order valence-corrected chi connectivity index (χ4v) is 2.90. The van der Waals surface area contributed by atoms with Crippen molar-refractivity contribution in [3.05, 3.63) is 88.7 Å². The summed E-state index contributed by atoms with van der Waals surface area (Å²) in [5, 5.41) is 11.9. The van der Waals surface area contributed by atoms with Gasteiger partial charge in [0.05, 0.1) is 29.2 Å². The molecule has 3 N–H and O–H groups in total. The number of alkyl halides is 6. The number of halogens is 8. The highest BCUT2D eigenvalue weighted by atomic mass is 35.5. The predicted octanol–water partition coefficient (Wildman–Crippen LogP) is 5.83. The van der Waals surface area contributed by atoms with Crippen molar-refractivity contribution in [3.63, 3.8) is 0 Å². The Labute approximate surface area is 202 Å². The number of rotatable bonds is 4. The molecule has 15 heteroatoms. The van der Waals surface area contributed by atoms with E-state index in [1.807, 2.05) is 0 Å². The number of hydrogen-bond donors (Lipinski definition) is 3. The average molecular weight is 539 g/mol. The molecular weight excluding hydrogens is 525 g/mol. The molecular formula is C21H14ClF7N4O3. The van der Waals surface area contributed by atoms with Gasteiger partial charge in [-0.1, -0.05) is 11.6 Å². The number of carbonyl (C=O) groups excluding carboxylic acids is 1. The van der Waals surface area contributed by atoms with E-state index in [1.165, 1.54) is 18.5 Å². The summed E-state index contributed by atoms with van der Waals surface area (Å²) in [6.07, 6.45) is -5.82. The molecule has 7 nitrogen and oxygen atoms in total. The van der Waals surface area contributed by atoms with Gasteiger partial charge in [0.1, 0.15) is 5.82 Å². The zero-order valence-electron chi connectivity index (χ0n) is 17.5. The van der Waals surface area contributed by atoms with Crippen LogP contribution in [0.15, 0.2) is 61.1 Å². The lowest BCUT2D eigenvalue weighted by Crippen LogP contribution is -2.35. The molecule has 36 heavy (non-hydrogen) atoms. The van der Waals surface area contributed by atoms with Crippen LogP contribution in [0.4, 0.5) is 41.2 Å². The Morgan fingerprint density at radius 2 is 1.64 bits per heavy atom. The van der Waals surface area contributed by atoms with Crippen LogP contribution in [-0.2, 0) is 11.0 Å². The second-order valence-electron chi connectivity index (χ2n) is 6.71. The van der Waals surface area contributed by atoms with E-state index in [0.717, 1.165) is 30.5 Å². The summed E-state index contributed by atoms with van der Waals surface area (Å²) in [5.41, 5.74) is -1.24. The number of pyridine rings is 2. The van der Waals surface area contributed by atoms with Gasteiger partial charge in [0.15, 0.2) is 0 Å². The van der Waals surface area contributed by atoms with Crippen molar-refractivity contribution in [2.45, 2.75) is 18.4 Å². The molecule has 0 radical (unpaired) electrons. The topological polar surface area (TPSA) is 104 Å². The molecule has 0 spiro atoms. The first-order chi connectivity index (χ1) is 16.7. The van der Waals surface area contributed by atoms with Gasteiger partial charge in [-0.25, -0.2) is 14.0 Å². The molecule has 1 aromatic carbocycles. The lowest BCUT2D eigenvalue weighted by atomic mass is 9.99. The normalized spacial score (nSPS) is 12.1. The first-order valence-electron chi connectivity index (χ1n) is 9.44. The molecule has 0 bridgehead atoms. The number of nitrogens with one attached hydrogen (secondary N) is 2. The number of benzene rings is 1. The van der Waals surface area contributed by atoms with Gasteiger partial charge in [-0.15, -0.1) is 0 Å². The molecule has 0 aliphatic rings. The van der Waals surface area contributed by atoms with Gasteiger partial charge in [-0.3, -0.25) is 9.97 Å². The van der Waals surface area contributed by atoms with Crippen LogP contribution in [0.3, 0.4) is 0 Å². The summed E-state index contributed by atoms with van der Waals surface area (Å²) in [7, 11) is 0. The van der Waals surface area contributed by atoms with E-state index in [-0.39, 0.29) is 10.6 Å². The summed E-state index contributed by atoms with van der Waals surface area (Å²) in [5.74, 6) is -3.52. The highest BCUT2D eigenvalue weighted by molar-refractivity contribution is 6.30. The molecule has 0 aliphatic carbocycles. The third kappa shape index (κ3) is 8.37. The zero-order chi connectivity index (χ0) is 27.1. The minimum atomic E-state index is -5.08. The van der Waals surface area contributed by atoms with Crippen LogP contribution in [0.2, 0.25) is 5.02 Å². The zero-order valence-corrected chi connectivity index (χ0v) is 18.3. The number of carboxylic acids is 1. The first kappa shape index (κ1) is 28.3. The fraction of sp³-hybridized carbons (Fsp3) is 0.143. The van der Waals surface area contributed by atoms with Gasteiger partial charge in [-0.2, -0.15) is 26.3 Å². The van der Waals surface area contributed by atoms with Crippen molar-refractivity contribution in [1.29, 1.82) is 0 Å². The number of aliphatic carboxylic acids is 1. The second kappa shape index (κ2) is 11.7. The molecule has 2 heterocycles. The summed E-state index contributed by atoms with van der Waals surface area (Å²) in [6.45, 7) is 0. The third-order valence-corrected chi connectivity index (χ3v) is 4.29. The van der Waals surface area contributed by atoms with Crippen molar-refractivity contribution in [2.75, 3.05) is 5.32 Å². The Kier molecular flexibility index (Phi) is 9.17. The van der Waals surface area contributed by atoms with Crippen molar-refractivity contribution >= 4 is 29.3 Å². The Morgan fingerprint density at radius 1 is 1.00 bits per heavy atom. The van der Waals surface area contributed by atoms with Crippen LogP contribution in [0.5, 0.6) is 0 Å². The number of carboxylic acid groups (broad SMARTS) is 1. The Hall–Kier alpha value is -3.94. The van der Waals surface area contributed by atoms with Crippen molar-refractivity contribution in [3.8, 4) is 0 Å². The molecule has 192 valence electrons. The lowest BCUT2D eigenvalue weighted by Gasteiger charge is -2.22. The Bertz CT molecular complexity index is 1190. The molecule has 3 rings (SSSR count). The average Bonchev–Trinajstić information content (AvgIpc) is 2.76. The maximum absolute atomic E-state index is 13.9. The molecule has 0 fully saturated rings. The predicted molar refractivity (Wildman–Crippen MR) is 113 cm³/mol. The van der Waals surface area contributed by atoms with Crippen LogP contribution in [0, 0.1) is 5.82 Å². The number of amides is 2. The number of urea groups is 1. The molecule has 0 saturated heterocycles. The second-order valence-corrected chi connectivity index (χ2v) is 7.15. The lowest BCUT2D eigenvalue weighted by molar-refractivity contribution is -0.192.